The summed E-state index contributed by atoms with van der Waals surface area (Å²) in [7, 11) is 4.09. The number of rotatable bonds is 5. The summed E-state index contributed by atoms with van der Waals surface area (Å²) < 4.78 is 0. The van der Waals surface area contributed by atoms with Crippen molar-refractivity contribution < 1.29 is 0 Å². The Hall–Kier alpha value is -0.590. The molecular formula is C13H25N3. The van der Waals surface area contributed by atoms with Crippen LogP contribution in [-0.2, 0) is 0 Å². The van der Waals surface area contributed by atoms with Crippen LogP contribution >= 0.6 is 0 Å². The third-order valence-electron chi connectivity index (χ3n) is 3.86. The second-order valence-electron chi connectivity index (χ2n) is 5.50. The zero-order valence-corrected chi connectivity index (χ0v) is 11.1. The van der Waals surface area contributed by atoms with E-state index in [4.69, 9.17) is 0 Å². The van der Waals surface area contributed by atoms with Gasteiger partial charge in [0.25, 0.3) is 0 Å². The Morgan fingerprint density at radius 1 is 1.56 bits per heavy atom. The van der Waals surface area contributed by atoms with Crippen molar-refractivity contribution in [1.29, 1.82) is 5.26 Å². The molecule has 0 aromatic heterocycles. The fourth-order valence-corrected chi connectivity index (χ4v) is 2.42. The molecule has 0 spiro atoms. The molecule has 0 heterocycles. The Morgan fingerprint density at radius 2 is 2.25 bits per heavy atom. The van der Waals surface area contributed by atoms with E-state index in [1.54, 1.807) is 0 Å². The van der Waals surface area contributed by atoms with E-state index in [0.717, 1.165) is 31.7 Å². The van der Waals surface area contributed by atoms with Crippen molar-refractivity contribution in [2.24, 2.45) is 5.92 Å². The minimum Gasteiger partial charge on any atom is -0.303 e. The summed E-state index contributed by atoms with van der Waals surface area (Å²) in [5.74, 6) is 0.758. The Morgan fingerprint density at radius 3 is 2.69 bits per heavy atom. The molecule has 1 N–H and O–H groups in total. The van der Waals surface area contributed by atoms with Crippen molar-refractivity contribution in [2.45, 2.75) is 51.1 Å². The number of hydrogen-bond donors (Lipinski definition) is 1. The van der Waals surface area contributed by atoms with Crippen molar-refractivity contribution in [3.8, 4) is 6.07 Å². The van der Waals surface area contributed by atoms with Gasteiger partial charge >= 0.3 is 0 Å². The van der Waals surface area contributed by atoms with Crippen molar-refractivity contribution in [3.05, 3.63) is 0 Å². The number of nitriles is 1. The van der Waals surface area contributed by atoms with Gasteiger partial charge in [-0.3, -0.25) is 0 Å². The number of hydrogen-bond acceptors (Lipinski definition) is 3. The lowest BCUT2D eigenvalue weighted by atomic mass is 10.00. The molecule has 0 bridgehead atoms. The lowest BCUT2D eigenvalue weighted by Gasteiger charge is -2.26. The molecule has 3 heteroatoms. The normalized spacial score (nSPS) is 29.9. The quantitative estimate of drug-likeness (QED) is 0.775. The summed E-state index contributed by atoms with van der Waals surface area (Å²) in [6.07, 6.45) is 4.33. The van der Waals surface area contributed by atoms with Crippen LogP contribution in [0.25, 0.3) is 0 Å². The smallest absolute Gasteiger partial charge is 0.108 e. The highest BCUT2D eigenvalue weighted by Gasteiger charge is 2.39. The molecule has 92 valence electrons. The minimum absolute atomic E-state index is 0.267. The van der Waals surface area contributed by atoms with Gasteiger partial charge in [0.1, 0.15) is 5.54 Å². The predicted octanol–water partition coefficient (Wildman–Crippen LogP) is 2.00. The highest BCUT2D eigenvalue weighted by Crippen LogP contribution is 2.32. The van der Waals surface area contributed by atoms with E-state index in [2.05, 4.69) is 37.2 Å². The van der Waals surface area contributed by atoms with Crippen LogP contribution in [0.4, 0.5) is 0 Å². The van der Waals surface area contributed by atoms with Crippen LogP contribution in [0, 0.1) is 17.2 Å². The van der Waals surface area contributed by atoms with Gasteiger partial charge in [-0.25, -0.2) is 0 Å². The highest BCUT2D eigenvalue weighted by atomic mass is 15.1. The standard InChI is InChI=1S/C13H25N3/c1-11(2)6-8-16(4)12-5-7-13(9-12,10-14)15-3/h11-12,15H,5-9H2,1-4H3. The van der Waals surface area contributed by atoms with Crippen LogP contribution in [0.1, 0.15) is 39.5 Å². The van der Waals surface area contributed by atoms with Crippen LogP contribution < -0.4 is 5.32 Å². The topological polar surface area (TPSA) is 39.1 Å². The maximum Gasteiger partial charge on any atom is 0.108 e. The molecule has 0 radical (unpaired) electrons. The summed E-state index contributed by atoms with van der Waals surface area (Å²) in [6, 6.07) is 3.01. The largest absolute Gasteiger partial charge is 0.303 e. The Labute approximate surface area is 99.8 Å². The van der Waals surface area contributed by atoms with Crippen molar-refractivity contribution in [3.63, 3.8) is 0 Å². The average molecular weight is 223 g/mol. The van der Waals surface area contributed by atoms with Gasteiger partial charge < -0.3 is 10.2 Å². The van der Waals surface area contributed by atoms with E-state index >= 15 is 0 Å². The van der Waals surface area contributed by atoms with Crippen molar-refractivity contribution in [1.82, 2.24) is 10.2 Å². The summed E-state index contributed by atoms with van der Waals surface area (Å²) >= 11 is 0. The Kier molecular flexibility index (Phi) is 4.76. The van der Waals surface area contributed by atoms with E-state index in [0.29, 0.717) is 6.04 Å². The SMILES string of the molecule is CNC1(C#N)CCC(N(C)CCC(C)C)C1. The summed E-state index contributed by atoms with van der Waals surface area (Å²) in [5.41, 5.74) is -0.267. The maximum absolute atomic E-state index is 9.20. The predicted molar refractivity (Wildman–Crippen MR) is 67.1 cm³/mol. The molecule has 2 unspecified atom stereocenters. The average Bonchev–Trinajstić information content (AvgIpc) is 2.71. The third kappa shape index (κ3) is 3.20. The molecule has 0 aliphatic heterocycles. The van der Waals surface area contributed by atoms with Crippen molar-refractivity contribution >= 4 is 0 Å². The van der Waals surface area contributed by atoms with Gasteiger partial charge in [-0.05, 0) is 52.2 Å². The summed E-state index contributed by atoms with van der Waals surface area (Å²) in [6.45, 7) is 5.67. The third-order valence-corrected chi connectivity index (χ3v) is 3.86. The molecule has 3 nitrogen and oxygen atoms in total. The summed E-state index contributed by atoms with van der Waals surface area (Å²) in [4.78, 5) is 2.43. The first-order valence-electron chi connectivity index (χ1n) is 6.33. The first-order chi connectivity index (χ1) is 7.53. The van der Waals surface area contributed by atoms with E-state index in [-0.39, 0.29) is 5.54 Å². The monoisotopic (exact) mass is 223 g/mol. The molecule has 0 amide bonds. The second kappa shape index (κ2) is 5.65. The Balaban J connectivity index is 2.43. The molecule has 0 saturated heterocycles. The lowest BCUT2D eigenvalue weighted by Crippen LogP contribution is -2.41. The molecule has 16 heavy (non-hydrogen) atoms. The molecule has 1 aliphatic rings. The molecule has 0 aromatic carbocycles. The van der Waals surface area contributed by atoms with Crippen LogP contribution in [-0.4, -0.2) is 37.1 Å². The van der Waals surface area contributed by atoms with E-state index in [1.807, 2.05) is 7.05 Å². The van der Waals surface area contributed by atoms with E-state index in [9.17, 15) is 5.26 Å². The highest BCUT2D eigenvalue weighted by molar-refractivity contribution is 5.12. The zero-order valence-electron chi connectivity index (χ0n) is 11.1. The fraction of sp³-hybridized carbons (Fsp3) is 0.923. The van der Waals surface area contributed by atoms with Gasteiger partial charge in [-0.15, -0.1) is 0 Å². The van der Waals surface area contributed by atoms with Crippen LogP contribution in [0.15, 0.2) is 0 Å². The molecule has 1 aliphatic carbocycles. The van der Waals surface area contributed by atoms with Crippen LogP contribution in [0.3, 0.4) is 0 Å². The molecule has 1 fully saturated rings. The first kappa shape index (κ1) is 13.5. The van der Waals surface area contributed by atoms with Gasteiger partial charge in [0.05, 0.1) is 6.07 Å². The number of nitrogens with one attached hydrogen (secondary N) is 1. The molecule has 1 rings (SSSR count). The molecule has 1 saturated carbocycles. The Bertz CT molecular complexity index is 256. The van der Waals surface area contributed by atoms with Crippen LogP contribution in [0.2, 0.25) is 0 Å². The zero-order chi connectivity index (χ0) is 12.2. The van der Waals surface area contributed by atoms with E-state index in [1.165, 1.54) is 6.42 Å². The summed E-state index contributed by atoms with van der Waals surface area (Å²) in [5, 5.41) is 12.4. The van der Waals surface area contributed by atoms with Crippen molar-refractivity contribution in [2.75, 3.05) is 20.6 Å². The van der Waals surface area contributed by atoms with Gasteiger partial charge in [0.2, 0.25) is 0 Å². The minimum atomic E-state index is -0.267. The van der Waals surface area contributed by atoms with Gasteiger partial charge in [-0.2, -0.15) is 5.26 Å². The molecular weight excluding hydrogens is 198 g/mol. The molecule has 2 atom stereocenters. The molecule has 0 aromatic rings. The van der Waals surface area contributed by atoms with E-state index < -0.39 is 0 Å². The number of nitrogens with zero attached hydrogens (tertiary/aromatic N) is 2. The van der Waals surface area contributed by atoms with Crippen LogP contribution in [0.5, 0.6) is 0 Å². The van der Waals surface area contributed by atoms with Gasteiger partial charge in [-0.1, -0.05) is 13.8 Å². The first-order valence-corrected chi connectivity index (χ1v) is 6.33. The fourth-order valence-electron chi connectivity index (χ4n) is 2.42. The van der Waals surface area contributed by atoms with Gasteiger partial charge in [0, 0.05) is 6.04 Å². The lowest BCUT2D eigenvalue weighted by molar-refractivity contribution is 0.225. The van der Waals surface area contributed by atoms with Gasteiger partial charge in [0.15, 0.2) is 0 Å². The maximum atomic E-state index is 9.20. The second-order valence-corrected chi connectivity index (χ2v) is 5.50.